The van der Waals surface area contributed by atoms with Crippen molar-refractivity contribution in [2.24, 2.45) is 17.8 Å². The topological polar surface area (TPSA) is 95.9 Å². The van der Waals surface area contributed by atoms with Crippen LogP contribution in [-0.2, 0) is 23.1 Å². The van der Waals surface area contributed by atoms with Gasteiger partial charge in [-0.3, -0.25) is 4.79 Å². The van der Waals surface area contributed by atoms with Gasteiger partial charge in [0.05, 0.1) is 17.5 Å². The minimum atomic E-state index is -3.84. The van der Waals surface area contributed by atoms with Crippen LogP contribution in [0, 0.1) is 17.8 Å². The van der Waals surface area contributed by atoms with Crippen LogP contribution in [0.5, 0.6) is 5.75 Å². The molecule has 216 valence electrons. The first-order chi connectivity index (χ1) is 19.2. The summed E-state index contributed by atoms with van der Waals surface area (Å²) >= 11 is 6.29. The van der Waals surface area contributed by atoms with E-state index in [9.17, 15) is 18.3 Å². The monoisotopic (exact) mass is 586 g/mol. The number of carbonyl (C=O) groups excluding carboxylic acids is 1. The van der Waals surface area contributed by atoms with Crippen molar-refractivity contribution in [3.63, 3.8) is 0 Å². The lowest BCUT2D eigenvalue weighted by atomic mass is 9.70. The largest absolute Gasteiger partial charge is 0.487 e. The van der Waals surface area contributed by atoms with Gasteiger partial charge in [-0.05, 0) is 97.7 Å². The van der Waals surface area contributed by atoms with E-state index in [0.717, 1.165) is 56.4 Å². The minimum Gasteiger partial charge on any atom is -0.487 e. The maximum absolute atomic E-state index is 13.2. The molecule has 1 aliphatic carbocycles. The van der Waals surface area contributed by atoms with Crippen LogP contribution >= 0.6 is 11.6 Å². The second-order valence-electron chi connectivity index (χ2n) is 11.4. The van der Waals surface area contributed by atoms with Gasteiger partial charge in [0.25, 0.3) is 5.91 Å². The zero-order valence-electron chi connectivity index (χ0n) is 23.0. The number of nitrogens with zero attached hydrogens (tertiary/aromatic N) is 1. The SMILES string of the molecule is CC[C@@H]1C/C=C/[C@H](O)[C@@H]2CC[C@H]2CN2CCCCc3cc(Cl)ccc3COc3ccc(cc32)C(=O)NS(=O)(=O)C1. The number of aliphatic hydroxyl groups excluding tert-OH is 1. The lowest BCUT2D eigenvalue weighted by molar-refractivity contribution is 0.0461. The molecule has 2 N–H and O–H groups in total. The summed E-state index contributed by atoms with van der Waals surface area (Å²) in [5.41, 5.74) is 3.30. The van der Waals surface area contributed by atoms with Crippen LogP contribution in [0.3, 0.4) is 0 Å². The summed E-state index contributed by atoms with van der Waals surface area (Å²) in [6, 6.07) is 11.0. The van der Waals surface area contributed by atoms with E-state index < -0.39 is 22.0 Å². The first-order valence-electron chi connectivity index (χ1n) is 14.4. The summed E-state index contributed by atoms with van der Waals surface area (Å²) in [6.07, 6.45) is 9.14. The highest BCUT2D eigenvalue weighted by Crippen LogP contribution is 2.41. The minimum absolute atomic E-state index is 0.145. The van der Waals surface area contributed by atoms with E-state index in [4.69, 9.17) is 16.3 Å². The molecule has 1 fully saturated rings. The van der Waals surface area contributed by atoms with Gasteiger partial charge in [-0.15, -0.1) is 0 Å². The average Bonchev–Trinajstić information content (AvgIpc) is 2.92. The molecule has 0 aromatic heterocycles. The Morgan fingerprint density at radius 2 is 1.98 bits per heavy atom. The highest BCUT2D eigenvalue weighted by molar-refractivity contribution is 7.90. The van der Waals surface area contributed by atoms with Crippen LogP contribution in [-0.4, -0.2) is 44.4 Å². The van der Waals surface area contributed by atoms with Crippen LogP contribution in [0.25, 0.3) is 0 Å². The van der Waals surface area contributed by atoms with Crippen molar-refractivity contribution in [2.75, 3.05) is 23.7 Å². The second kappa shape index (κ2) is 12.5. The summed E-state index contributed by atoms with van der Waals surface area (Å²) < 4.78 is 34.5. The Hall–Kier alpha value is -2.55. The fourth-order valence-electron chi connectivity index (χ4n) is 6.09. The first-order valence-corrected chi connectivity index (χ1v) is 16.4. The third kappa shape index (κ3) is 6.84. The number of allylic oxidation sites excluding steroid dienone is 1. The van der Waals surface area contributed by atoms with Gasteiger partial charge in [0.1, 0.15) is 12.4 Å². The molecule has 5 rings (SSSR count). The van der Waals surface area contributed by atoms with Gasteiger partial charge in [0, 0.05) is 23.7 Å². The molecule has 0 unspecified atom stereocenters. The number of fused-ring (bicyclic) bond motifs is 3. The summed E-state index contributed by atoms with van der Waals surface area (Å²) in [6.45, 7) is 3.78. The first kappa shape index (κ1) is 29.0. The quantitative estimate of drug-likeness (QED) is 0.429. The normalized spacial score (nSPS) is 28.0. The van der Waals surface area contributed by atoms with Crippen molar-refractivity contribution < 1.29 is 23.1 Å². The molecular weight excluding hydrogens is 548 g/mol. The number of benzene rings is 2. The zero-order valence-corrected chi connectivity index (χ0v) is 24.6. The number of hydrogen-bond donors (Lipinski definition) is 2. The van der Waals surface area contributed by atoms with Gasteiger partial charge in [-0.25, -0.2) is 13.1 Å². The maximum atomic E-state index is 13.2. The van der Waals surface area contributed by atoms with Crippen LogP contribution in [0.2, 0.25) is 5.02 Å². The molecule has 40 heavy (non-hydrogen) atoms. The predicted octanol–water partition coefficient (Wildman–Crippen LogP) is 5.49. The number of aliphatic hydroxyl groups is 1. The number of aryl methyl sites for hydroxylation is 1. The molecule has 2 heterocycles. The number of ether oxygens (including phenoxy) is 1. The molecule has 0 spiro atoms. The molecule has 3 aliphatic rings. The van der Waals surface area contributed by atoms with Gasteiger partial charge in [0.2, 0.25) is 10.0 Å². The van der Waals surface area contributed by atoms with Crippen molar-refractivity contribution in [1.82, 2.24) is 4.72 Å². The number of nitrogens with one attached hydrogen (secondary N) is 1. The summed E-state index contributed by atoms with van der Waals surface area (Å²) in [4.78, 5) is 15.5. The number of anilines is 1. The van der Waals surface area contributed by atoms with Crippen molar-refractivity contribution in [3.8, 4) is 5.75 Å². The summed E-state index contributed by atoms with van der Waals surface area (Å²) in [5, 5.41) is 11.7. The van der Waals surface area contributed by atoms with E-state index in [0.29, 0.717) is 36.1 Å². The van der Waals surface area contributed by atoms with Gasteiger partial charge >= 0.3 is 0 Å². The molecular formula is C31H39ClN2O5S. The standard InChI is InChI=1S/C31H39ClN2O5S/c1-2-21-6-5-8-29(35)27-13-10-24(27)18-34-15-4-3-7-22-16-26(32)12-9-25(22)19-39-30-14-11-23(17-28(30)34)31(36)33-40(37,38)20-21/h5,8-9,11-12,14,16-17,21,24,27,29,35H,2-4,6-7,10,13,15,18-20H2,1H3,(H,33,36)/b8-5+/t21-,24+,27-,29+/m1/s1. The molecule has 2 aromatic carbocycles. The number of hydrogen-bond acceptors (Lipinski definition) is 6. The van der Waals surface area contributed by atoms with Gasteiger partial charge in [-0.2, -0.15) is 0 Å². The van der Waals surface area contributed by atoms with Crippen LogP contribution in [0.15, 0.2) is 48.6 Å². The Balaban J connectivity index is 1.52. The fourth-order valence-corrected chi connectivity index (χ4v) is 7.76. The molecule has 1 amide bonds. The van der Waals surface area contributed by atoms with Gasteiger partial charge in [0.15, 0.2) is 0 Å². The Bertz CT molecular complexity index is 1360. The molecule has 0 saturated heterocycles. The lowest BCUT2D eigenvalue weighted by Gasteiger charge is -2.42. The number of sulfonamides is 1. The predicted molar refractivity (Wildman–Crippen MR) is 158 cm³/mol. The Morgan fingerprint density at radius 1 is 1.12 bits per heavy atom. The molecule has 0 radical (unpaired) electrons. The Labute approximate surface area is 242 Å². The Morgan fingerprint density at radius 3 is 2.75 bits per heavy atom. The molecule has 1 saturated carbocycles. The zero-order chi connectivity index (χ0) is 28.3. The summed E-state index contributed by atoms with van der Waals surface area (Å²) in [7, 11) is -3.84. The smallest absolute Gasteiger partial charge is 0.264 e. The number of carbonyl (C=O) groups is 1. The highest BCUT2D eigenvalue weighted by Gasteiger charge is 2.37. The van der Waals surface area contributed by atoms with Crippen molar-refractivity contribution in [3.05, 3.63) is 70.3 Å². The molecule has 7 nitrogen and oxygen atoms in total. The van der Waals surface area contributed by atoms with Crippen LogP contribution in [0.4, 0.5) is 5.69 Å². The van der Waals surface area contributed by atoms with Crippen LogP contribution in [0.1, 0.15) is 66.9 Å². The van der Waals surface area contributed by atoms with Crippen molar-refractivity contribution >= 4 is 33.2 Å². The molecule has 2 aliphatic heterocycles. The Kier molecular flexibility index (Phi) is 9.08. The van der Waals surface area contributed by atoms with E-state index in [1.807, 2.05) is 37.3 Å². The third-order valence-corrected chi connectivity index (χ3v) is 10.3. The maximum Gasteiger partial charge on any atom is 0.264 e. The molecule has 2 aromatic rings. The van der Waals surface area contributed by atoms with E-state index in [2.05, 4.69) is 9.62 Å². The highest BCUT2D eigenvalue weighted by atomic mass is 35.5. The average molecular weight is 587 g/mol. The fraction of sp³-hybridized carbons (Fsp3) is 0.516. The van der Waals surface area contributed by atoms with E-state index in [-0.39, 0.29) is 23.2 Å². The molecule has 9 heteroatoms. The van der Waals surface area contributed by atoms with E-state index in [1.165, 1.54) is 5.56 Å². The van der Waals surface area contributed by atoms with Gasteiger partial charge < -0.3 is 14.7 Å². The van der Waals surface area contributed by atoms with Gasteiger partial charge in [-0.1, -0.05) is 43.2 Å². The molecule has 4 atom stereocenters. The number of rotatable bonds is 1. The second-order valence-corrected chi connectivity index (χ2v) is 13.6. The van der Waals surface area contributed by atoms with Crippen LogP contribution < -0.4 is 14.4 Å². The van der Waals surface area contributed by atoms with E-state index in [1.54, 1.807) is 18.2 Å². The number of amides is 1. The van der Waals surface area contributed by atoms with Crippen molar-refractivity contribution in [2.45, 2.75) is 64.6 Å². The molecule has 2 bridgehead atoms. The van der Waals surface area contributed by atoms with Crippen molar-refractivity contribution in [1.29, 1.82) is 0 Å². The number of halogens is 1. The third-order valence-electron chi connectivity index (χ3n) is 8.69. The lowest BCUT2D eigenvalue weighted by Crippen LogP contribution is -2.43. The van der Waals surface area contributed by atoms with E-state index >= 15 is 0 Å². The summed E-state index contributed by atoms with van der Waals surface area (Å²) in [5.74, 6) is 0.172.